The quantitative estimate of drug-likeness (QED) is 0.526. The molecule has 1 saturated carbocycles. The van der Waals surface area contributed by atoms with E-state index in [1.54, 1.807) is 24.1 Å². The number of halogens is 1. The van der Waals surface area contributed by atoms with Gasteiger partial charge in [-0.05, 0) is 55.3 Å². The summed E-state index contributed by atoms with van der Waals surface area (Å²) < 4.78 is 10.7. The number of methoxy groups -OCH3 is 1. The molecule has 1 fully saturated rings. The topological polar surface area (TPSA) is 80.5 Å². The van der Waals surface area contributed by atoms with E-state index in [0.717, 1.165) is 37.0 Å². The van der Waals surface area contributed by atoms with Gasteiger partial charge in [-0.25, -0.2) is 4.79 Å². The Morgan fingerprint density at radius 3 is 2.68 bits per heavy atom. The highest BCUT2D eigenvalue weighted by atomic mass is 35.5. The van der Waals surface area contributed by atoms with E-state index >= 15 is 0 Å². The molecule has 0 saturated heterocycles. The smallest absolute Gasteiger partial charge is 0.322 e. The molecule has 4 rings (SSSR count). The van der Waals surface area contributed by atoms with E-state index in [-0.39, 0.29) is 18.6 Å². The molecule has 0 radical (unpaired) electrons. The minimum absolute atomic E-state index is 0.129. The molecule has 1 aliphatic rings. The van der Waals surface area contributed by atoms with E-state index in [4.69, 9.17) is 20.9 Å². The standard InChI is InChI=1S/C23H25ClN4O3/c1-30-20-12-10-16(11-13-20)22-26-21(31-27-22)15-28(19-8-3-2-4-9-19)23(29)25-18-7-5-6-17(24)14-18/h5-7,10-14,19H,2-4,8-9,15H2,1H3,(H,25,29). The first-order valence-electron chi connectivity index (χ1n) is 10.4. The first kappa shape index (κ1) is 21.2. The number of carbonyl (C=O) groups excluding carboxylic acids is 1. The molecule has 2 aromatic carbocycles. The molecule has 3 aromatic rings. The van der Waals surface area contributed by atoms with Gasteiger partial charge >= 0.3 is 6.03 Å². The van der Waals surface area contributed by atoms with E-state index in [1.807, 2.05) is 36.4 Å². The van der Waals surface area contributed by atoms with Crippen LogP contribution in [0.15, 0.2) is 53.1 Å². The van der Waals surface area contributed by atoms with Crippen molar-refractivity contribution >= 4 is 23.3 Å². The molecule has 1 heterocycles. The Morgan fingerprint density at radius 2 is 1.97 bits per heavy atom. The Labute approximate surface area is 186 Å². The average Bonchev–Trinajstić information content (AvgIpc) is 3.27. The molecule has 0 aliphatic heterocycles. The number of hydrogen-bond acceptors (Lipinski definition) is 5. The van der Waals surface area contributed by atoms with Gasteiger partial charge in [0.15, 0.2) is 0 Å². The fourth-order valence-electron chi connectivity index (χ4n) is 3.84. The van der Waals surface area contributed by atoms with Crippen LogP contribution in [0.3, 0.4) is 0 Å². The van der Waals surface area contributed by atoms with Crippen LogP contribution in [0.2, 0.25) is 5.02 Å². The zero-order valence-electron chi connectivity index (χ0n) is 17.4. The summed E-state index contributed by atoms with van der Waals surface area (Å²) in [5.41, 5.74) is 1.48. The first-order valence-corrected chi connectivity index (χ1v) is 10.8. The predicted molar refractivity (Wildman–Crippen MR) is 119 cm³/mol. The fraction of sp³-hybridized carbons (Fsp3) is 0.348. The second kappa shape index (κ2) is 9.83. The summed E-state index contributed by atoms with van der Waals surface area (Å²) in [6, 6.07) is 14.5. The van der Waals surface area contributed by atoms with Crippen molar-refractivity contribution in [3.63, 3.8) is 0 Å². The van der Waals surface area contributed by atoms with Gasteiger partial charge in [0.25, 0.3) is 0 Å². The van der Waals surface area contributed by atoms with Crippen LogP contribution >= 0.6 is 11.6 Å². The highest BCUT2D eigenvalue weighted by Gasteiger charge is 2.27. The van der Waals surface area contributed by atoms with E-state index in [0.29, 0.717) is 22.4 Å². The Kier molecular flexibility index (Phi) is 6.72. The van der Waals surface area contributed by atoms with Crippen LogP contribution in [-0.2, 0) is 6.54 Å². The van der Waals surface area contributed by atoms with Crippen LogP contribution in [0, 0.1) is 0 Å². The Bertz CT molecular complexity index is 1020. The van der Waals surface area contributed by atoms with Gasteiger partial charge in [-0.3, -0.25) is 0 Å². The Hall–Kier alpha value is -3.06. The van der Waals surface area contributed by atoms with Crippen LogP contribution < -0.4 is 10.1 Å². The van der Waals surface area contributed by atoms with Crippen molar-refractivity contribution in [3.8, 4) is 17.1 Å². The molecule has 8 heteroatoms. The summed E-state index contributed by atoms with van der Waals surface area (Å²) in [7, 11) is 1.62. The van der Waals surface area contributed by atoms with Crippen LogP contribution in [-0.4, -0.2) is 34.2 Å². The van der Waals surface area contributed by atoms with Crippen LogP contribution in [0.5, 0.6) is 5.75 Å². The number of aromatic nitrogens is 2. The second-order valence-electron chi connectivity index (χ2n) is 7.60. The van der Waals surface area contributed by atoms with Gasteiger partial charge in [0.2, 0.25) is 11.7 Å². The number of nitrogens with zero attached hydrogens (tertiary/aromatic N) is 3. The Morgan fingerprint density at radius 1 is 1.19 bits per heavy atom. The van der Waals surface area contributed by atoms with Crippen LogP contribution in [0.1, 0.15) is 38.0 Å². The van der Waals surface area contributed by atoms with Crippen molar-refractivity contribution in [2.45, 2.75) is 44.7 Å². The number of urea groups is 1. The lowest BCUT2D eigenvalue weighted by molar-refractivity contribution is 0.151. The monoisotopic (exact) mass is 440 g/mol. The van der Waals surface area contributed by atoms with E-state index < -0.39 is 0 Å². The number of ether oxygens (including phenoxy) is 1. The molecule has 0 spiro atoms. The molecular formula is C23H25ClN4O3. The summed E-state index contributed by atoms with van der Waals surface area (Å²) in [4.78, 5) is 19.5. The predicted octanol–water partition coefficient (Wildman–Crippen LogP) is 5.77. The number of rotatable bonds is 6. The summed E-state index contributed by atoms with van der Waals surface area (Å²) in [5.74, 6) is 1.64. The largest absolute Gasteiger partial charge is 0.497 e. The minimum Gasteiger partial charge on any atom is -0.497 e. The van der Waals surface area contributed by atoms with Crippen molar-refractivity contribution in [3.05, 3.63) is 59.4 Å². The van der Waals surface area contributed by atoms with Gasteiger partial charge in [-0.1, -0.05) is 42.1 Å². The van der Waals surface area contributed by atoms with Gasteiger partial charge < -0.3 is 19.5 Å². The van der Waals surface area contributed by atoms with Gasteiger partial charge in [-0.2, -0.15) is 4.98 Å². The maximum atomic E-state index is 13.1. The molecule has 31 heavy (non-hydrogen) atoms. The first-order chi connectivity index (χ1) is 15.1. The lowest BCUT2D eigenvalue weighted by Crippen LogP contribution is -2.43. The van der Waals surface area contributed by atoms with Gasteiger partial charge in [0.05, 0.1) is 7.11 Å². The van der Waals surface area contributed by atoms with Gasteiger partial charge in [-0.15, -0.1) is 0 Å². The van der Waals surface area contributed by atoms with E-state index in [1.165, 1.54) is 6.42 Å². The normalized spacial score (nSPS) is 14.3. The summed E-state index contributed by atoms with van der Waals surface area (Å²) >= 11 is 6.06. The highest BCUT2D eigenvalue weighted by molar-refractivity contribution is 6.30. The molecule has 0 bridgehead atoms. The van der Waals surface area contributed by atoms with Crippen molar-refractivity contribution in [2.24, 2.45) is 0 Å². The second-order valence-corrected chi connectivity index (χ2v) is 8.04. The molecule has 2 amide bonds. The van der Waals surface area contributed by atoms with Crippen molar-refractivity contribution in [2.75, 3.05) is 12.4 Å². The van der Waals surface area contributed by atoms with E-state index in [9.17, 15) is 4.79 Å². The van der Waals surface area contributed by atoms with Crippen LogP contribution in [0.4, 0.5) is 10.5 Å². The van der Waals surface area contributed by atoms with Crippen molar-refractivity contribution < 1.29 is 14.1 Å². The molecule has 1 aromatic heterocycles. The molecule has 0 atom stereocenters. The summed E-state index contributed by atoms with van der Waals surface area (Å²) in [6.07, 6.45) is 5.33. The number of benzene rings is 2. The molecule has 1 N–H and O–H groups in total. The number of carbonyl (C=O) groups is 1. The van der Waals surface area contributed by atoms with Crippen molar-refractivity contribution in [1.82, 2.24) is 15.0 Å². The zero-order valence-corrected chi connectivity index (χ0v) is 18.1. The van der Waals surface area contributed by atoms with Gasteiger partial charge in [0, 0.05) is 22.3 Å². The minimum atomic E-state index is -0.196. The molecule has 1 aliphatic carbocycles. The number of anilines is 1. The zero-order chi connectivity index (χ0) is 21.6. The Balaban J connectivity index is 1.51. The lowest BCUT2D eigenvalue weighted by atomic mass is 9.94. The number of nitrogens with one attached hydrogen (secondary N) is 1. The number of hydrogen-bond donors (Lipinski definition) is 1. The molecule has 7 nitrogen and oxygen atoms in total. The molecular weight excluding hydrogens is 416 g/mol. The van der Waals surface area contributed by atoms with Gasteiger partial charge in [0.1, 0.15) is 12.3 Å². The maximum absolute atomic E-state index is 13.1. The average molecular weight is 441 g/mol. The molecule has 0 unspecified atom stereocenters. The number of amides is 2. The summed E-state index contributed by atoms with van der Waals surface area (Å²) in [6.45, 7) is 0.250. The lowest BCUT2D eigenvalue weighted by Gasteiger charge is -2.33. The SMILES string of the molecule is COc1ccc(-c2noc(CN(C(=O)Nc3cccc(Cl)c3)C3CCCCC3)n2)cc1. The maximum Gasteiger partial charge on any atom is 0.322 e. The highest BCUT2D eigenvalue weighted by Crippen LogP contribution is 2.26. The van der Waals surface area contributed by atoms with Crippen molar-refractivity contribution in [1.29, 1.82) is 0 Å². The summed E-state index contributed by atoms with van der Waals surface area (Å²) in [5, 5.41) is 7.61. The third-order valence-corrected chi connectivity index (χ3v) is 5.71. The third kappa shape index (κ3) is 5.35. The van der Waals surface area contributed by atoms with E-state index in [2.05, 4.69) is 15.5 Å². The third-order valence-electron chi connectivity index (χ3n) is 5.47. The fourth-order valence-corrected chi connectivity index (χ4v) is 4.03. The van der Waals surface area contributed by atoms with Crippen LogP contribution in [0.25, 0.3) is 11.4 Å². The molecule has 162 valence electrons.